The molecule has 26 heavy (non-hydrogen) atoms. The highest BCUT2D eigenvalue weighted by atomic mass is 35.5. The molecular weight excluding hydrogens is 373 g/mol. The molecule has 1 atom stereocenters. The number of hydrogen-bond acceptors (Lipinski definition) is 4. The summed E-state index contributed by atoms with van der Waals surface area (Å²) in [5, 5.41) is 1.14. The van der Waals surface area contributed by atoms with E-state index in [4.69, 9.17) is 32.4 Å². The van der Waals surface area contributed by atoms with Gasteiger partial charge in [-0.1, -0.05) is 41.4 Å². The molecule has 0 radical (unpaired) electrons. The second-order valence-corrected chi connectivity index (χ2v) is 6.64. The second kappa shape index (κ2) is 7.50. The van der Waals surface area contributed by atoms with Crippen LogP contribution in [0, 0.1) is 0 Å². The number of imidazole rings is 1. The summed E-state index contributed by atoms with van der Waals surface area (Å²) >= 11 is 12.4. The maximum absolute atomic E-state index is 6.38. The average Bonchev–Trinajstić information content (AvgIpc) is 3.28. The van der Waals surface area contributed by atoms with Crippen LogP contribution in [-0.4, -0.2) is 14.5 Å². The number of hydrogen-bond donors (Lipinski definition) is 0. The van der Waals surface area contributed by atoms with Crippen molar-refractivity contribution in [1.82, 2.24) is 14.5 Å². The molecule has 0 bridgehead atoms. The van der Waals surface area contributed by atoms with Crippen LogP contribution in [0.5, 0.6) is 0 Å². The zero-order valence-electron chi connectivity index (χ0n) is 13.7. The Morgan fingerprint density at radius 2 is 2.04 bits per heavy atom. The fourth-order valence-corrected chi connectivity index (χ4v) is 3.27. The lowest BCUT2D eigenvalue weighted by molar-refractivity contribution is 0.0173. The highest BCUT2D eigenvalue weighted by Crippen LogP contribution is 2.30. The maximum Gasteiger partial charge on any atom is 0.221 e. The minimum atomic E-state index is -0.302. The Kier molecular flexibility index (Phi) is 4.93. The van der Waals surface area contributed by atoms with Crippen molar-refractivity contribution in [2.24, 2.45) is 0 Å². The minimum absolute atomic E-state index is 0.229. The summed E-state index contributed by atoms with van der Waals surface area (Å²) in [6, 6.07) is 13.0. The van der Waals surface area contributed by atoms with Gasteiger partial charge in [-0.15, -0.1) is 0 Å². The minimum Gasteiger partial charge on any atom is -0.438 e. The molecule has 5 nitrogen and oxygen atoms in total. The number of halogens is 2. The monoisotopic (exact) mass is 387 g/mol. The lowest BCUT2D eigenvalue weighted by Crippen LogP contribution is -2.12. The molecule has 0 spiro atoms. The number of aromatic nitrogens is 3. The average molecular weight is 388 g/mol. The number of para-hydroxylation sites is 2. The van der Waals surface area contributed by atoms with Gasteiger partial charge in [-0.3, -0.25) is 0 Å². The molecule has 7 heteroatoms. The first-order chi connectivity index (χ1) is 12.7. The molecule has 0 aliphatic carbocycles. The predicted molar refractivity (Wildman–Crippen MR) is 100 cm³/mol. The molecule has 0 amide bonds. The summed E-state index contributed by atoms with van der Waals surface area (Å²) in [5.41, 5.74) is 2.39. The first-order valence-corrected chi connectivity index (χ1v) is 8.81. The number of nitrogens with zero attached hydrogens (tertiary/aromatic N) is 3. The summed E-state index contributed by atoms with van der Waals surface area (Å²) in [7, 11) is 0. The Hall–Kier alpha value is -2.34. The van der Waals surface area contributed by atoms with E-state index >= 15 is 0 Å². The smallest absolute Gasteiger partial charge is 0.221 e. The quantitative estimate of drug-likeness (QED) is 0.450. The van der Waals surface area contributed by atoms with Crippen LogP contribution in [0.4, 0.5) is 0 Å². The number of ether oxygens (including phenoxy) is 1. The molecule has 4 rings (SSSR count). The maximum atomic E-state index is 6.38. The largest absolute Gasteiger partial charge is 0.438 e. The van der Waals surface area contributed by atoms with Crippen LogP contribution in [0.25, 0.3) is 11.1 Å². The Morgan fingerprint density at radius 3 is 2.81 bits per heavy atom. The van der Waals surface area contributed by atoms with E-state index in [1.54, 1.807) is 24.7 Å². The van der Waals surface area contributed by atoms with Crippen molar-refractivity contribution in [3.63, 3.8) is 0 Å². The topological polar surface area (TPSA) is 53.1 Å². The van der Waals surface area contributed by atoms with Crippen LogP contribution in [-0.2, 0) is 17.9 Å². The van der Waals surface area contributed by atoms with E-state index in [-0.39, 0.29) is 12.7 Å². The molecule has 132 valence electrons. The number of fused-ring (bicyclic) bond motifs is 1. The fraction of sp³-hybridized carbons (Fsp3) is 0.158. The molecule has 1 unspecified atom stereocenters. The highest BCUT2D eigenvalue weighted by molar-refractivity contribution is 6.35. The zero-order chi connectivity index (χ0) is 17.9. The summed E-state index contributed by atoms with van der Waals surface area (Å²) in [4.78, 5) is 8.52. The van der Waals surface area contributed by atoms with E-state index < -0.39 is 0 Å². The molecule has 0 fully saturated rings. The van der Waals surface area contributed by atoms with Crippen LogP contribution in [0.15, 0.2) is 65.6 Å². The first kappa shape index (κ1) is 17.1. The van der Waals surface area contributed by atoms with E-state index in [0.29, 0.717) is 22.5 Å². The van der Waals surface area contributed by atoms with Crippen LogP contribution in [0.2, 0.25) is 10.0 Å². The van der Waals surface area contributed by atoms with Crippen LogP contribution in [0.1, 0.15) is 17.6 Å². The Labute approximate surface area is 160 Å². The summed E-state index contributed by atoms with van der Waals surface area (Å²) in [6.07, 6.45) is 5.03. The standard InChI is InChI=1S/C19H15Cl2N3O2/c20-13-5-6-14(15(21)9-13)18(10-24-8-7-22-12-24)25-11-19-23-16-3-1-2-4-17(16)26-19/h1-9,12,18H,10-11H2. The fourth-order valence-electron chi connectivity index (χ4n) is 2.74. The van der Waals surface area contributed by atoms with Gasteiger partial charge in [-0.25, -0.2) is 9.97 Å². The third kappa shape index (κ3) is 3.75. The lowest BCUT2D eigenvalue weighted by Gasteiger charge is -2.19. The number of oxazole rings is 1. The number of benzene rings is 2. The van der Waals surface area contributed by atoms with Crippen molar-refractivity contribution < 1.29 is 9.15 Å². The Bertz CT molecular complexity index is 982. The molecule has 2 aromatic heterocycles. The van der Waals surface area contributed by atoms with Crippen molar-refractivity contribution in [2.75, 3.05) is 0 Å². The van der Waals surface area contributed by atoms with Gasteiger partial charge in [0.25, 0.3) is 0 Å². The summed E-state index contributed by atoms with van der Waals surface area (Å²) in [6.45, 7) is 0.786. The van der Waals surface area contributed by atoms with Gasteiger partial charge in [0.2, 0.25) is 5.89 Å². The van der Waals surface area contributed by atoms with Crippen LogP contribution < -0.4 is 0 Å². The Morgan fingerprint density at radius 1 is 1.15 bits per heavy atom. The zero-order valence-corrected chi connectivity index (χ0v) is 15.2. The van der Waals surface area contributed by atoms with Crippen molar-refractivity contribution >= 4 is 34.3 Å². The van der Waals surface area contributed by atoms with Gasteiger partial charge in [0, 0.05) is 28.0 Å². The van der Waals surface area contributed by atoms with E-state index in [2.05, 4.69) is 9.97 Å². The third-order valence-electron chi connectivity index (χ3n) is 3.99. The van der Waals surface area contributed by atoms with Gasteiger partial charge in [0.05, 0.1) is 12.9 Å². The van der Waals surface area contributed by atoms with E-state index in [1.807, 2.05) is 41.1 Å². The predicted octanol–water partition coefficient (Wildman–Crippen LogP) is 5.29. The lowest BCUT2D eigenvalue weighted by atomic mass is 10.1. The van der Waals surface area contributed by atoms with Gasteiger partial charge in [0.15, 0.2) is 5.58 Å². The summed E-state index contributed by atoms with van der Waals surface area (Å²) in [5.74, 6) is 0.520. The van der Waals surface area contributed by atoms with Crippen LogP contribution >= 0.6 is 23.2 Å². The van der Waals surface area contributed by atoms with Crippen molar-refractivity contribution in [3.8, 4) is 0 Å². The molecule has 0 aliphatic rings. The Balaban J connectivity index is 1.57. The van der Waals surface area contributed by atoms with E-state index in [1.165, 1.54) is 0 Å². The van der Waals surface area contributed by atoms with Gasteiger partial charge in [-0.2, -0.15) is 0 Å². The van der Waals surface area contributed by atoms with Gasteiger partial charge >= 0.3 is 0 Å². The molecule has 0 saturated carbocycles. The molecule has 2 heterocycles. The highest BCUT2D eigenvalue weighted by Gasteiger charge is 2.18. The van der Waals surface area contributed by atoms with Gasteiger partial charge in [0.1, 0.15) is 18.2 Å². The molecule has 0 saturated heterocycles. The van der Waals surface area contributed by atoms with E-state index in [9.17, 15) is 0 Å². The summed E-state index contributed by atoms with van der Waals surface area (Å²) < 4.78 is 13.8. The molecule has 0 N–H and O–H groups in total. The molecule has 0 aliphatic heterocycles. The second-order valence-electron chi connectivity index (χ2n) is 5.80. The van der Waals surface area contributed by atoms with Gasteiger partial charge in [-0.05, 0) is 24.3 Å². The van der Waals surface area contributed by atoms with Crippen molar-refractivity contribution in [3.05, 3.63) is 82.7 Å². The van der Waals surface area contributed by atoms with E-state index in [0.717, 1.165) is 16.7 Å². The normalized spacial score (nSPS) is 12.5. The van der Waals surface area contributed by atoms with Crippen molar-refractivity contribution in [2.45, 2.75) is 19.3 Å². The molecule has 4 aromatic rings. The molecule has 2 aromatic carbocycles. The SMILES string of the molecule is Clc1ccc(C(Cn2ccnc2)OCc2nc3ccccc3o2)c(Cl)c1. The molecular formula is C19H15Cl2N3O2. The first-order valence-electron chi connectivity index (χ1n) is 8.06. The number of rotatable bonds is 6. The van der Waals surface area contributed by atoms with Gasteiger partial charge < -0.3 is 13.7 Å². The third-order valence-corrected chi connectivity index (χ3v) is 4.55. The van der Waals surface area contributed by atoms with Crippen molar-refractivity contribution in [1.29, 1.82) is 0 Å². The van der Waals surface area contributed by atoms with Crippen LogP contribution in [0.3, 0.4) is 0 Å².